The Kier molecular flexibility index (Phi) is 5.40. The number of allylic oxidation sites excluding steroid dienone is 1. The van der Waals surface area contributed by atoms with Crippen molar-refractivity contribution >= 4 is 5.91 Å². The number of nitrogens with zero attached hydrogens (tertiary/aromatic N) is 1. The molecule has 1 N–H and O–H groups in total. The van der Waals surface area contributed by atoms with E-state index in [1.165, 1.54) is 12.8 Å². The number of rotatable bonds is 7. The van der Waals surface area contributed by atoms with Gasteiger partial charge in [-0.2, -0.15) is 0 Å². The van der Waals surface area contributed by atoms with Crippen LogP contribution >= 0.6 is 0 Å². The Labute approximate surface area is 92.5 Å². The maximum absolute atomic E-state index is 11.5. The SMILES string of the molecule is C=CCCCCCNC1CCN(C)C1=O. The summed E-state index contributed by atoms with van der Waals surface area (Å²) in [5.41, 5.74) is 0. The molecule has 0 aliphatic carbocycles. The molecule has 1 amide bonds. The normalized spacial score (nSPS) is 21.0. The lowest BCUT2D eigenvalue weighted by atomic mass is 10.2. The highest BCUT2D eigenvalue weighted by molar-refractivity contribution is 5.83. The van der Waals surface area contributed by atoms with Gasteiger partial charge >= 0.3 is 0 Å². The van der Waals surface area contributed by atoms with Crippen LogP contribution in [0.25, 0.3) is 0 Å². The predicted molar refractivity (Wildman–Crippen MR) is 62.7 cm³/mol. The highest BCUT2D eigenvalue weighted by atomic mass is 16.2. The molecule has 1 aliphatic rings. The lowest BCUT2D eigenvalue weighted by Gasteiger charge is -2.11. The summed E-state index contributed by atoms with van der Waals surface area (Å²) in [6.07, 6.45) is 7.61. The number of hydrogen-bond donors (Lipinski definition) is 1. The summed E-state index contributed by atoms with van der Waals surface area (Å²) in [4.78, 5) is 13.3. The van der Waals surface area contributed by atoms with Crippen LogP contribution in [0.3, 0.4) is 0 Å². The Morgan fingerprint density at radius 1 is 1.53 bits per heavy atom. The summed E-state index contributed by atoms with van der Waals surface area (Å²) in [7, 11) is 1.87. The summed E-state index contributed by atoms with van der Waals surface area (Å²) in [5, 5.41) is 3.32. The van der Waals surface area contributed by atoms with Crippen molar-refractivity contribution < 1.29 is 4.79 Å². The standard InChI is InChI=1S/C12H22N2O/c1-3-4-5-6-7-9-13-11-8-10-14(2)12(11)15/h3,11,13H,1,4-10H2,2H3. The topological polar surface area (TPSA) is 32.3 Å². The molecule has 1 fully saturated rings. The Bertz CT molecular complexity index is 216. The average molecular weight is 210 g/mol. The Morgan fingerprint density at radius 3 is 2.93 bits per heavy atom. The first-order valence-corrected chi connectivity index (χ1v) is 5.85. The monoisotopic (exact) mass is 210 g/mol. The zero-order chi connectivity index (χ0) is 11.1. The fourth-order valence-corrected chi connectivity index (χ4v) is 1.88. The van der Waals surface area contributed by atoms with Gasteiger partial charge in [-0.25, -0.2) is 0 Å². The van der Waals surface area contributed by atoms with Crippen molar-refractivity contribution in [2.75, 3.05) is 20.1 Å². The summed E-state index contributed by atoms with van der Waals surface area (Å²) in [5.74, 6) is 0.251. The second-order valence-corrected chi connectivity index (χ2v) is 4.19. The van der Waals surface area contributed by atoms with Crippen LogP contribution in [0.15, 0.2) is 12.7 Å². The maximum atomic E-state index is 11.5. The molecule has 0 aromatic rings. The minimum atomic E-state index is 0.0782. The van der Waals surface area contributed by atoms with Gasteiger partial charge in [0.25, 0.3) is 0 Å². The van der Waals surface area contributed by atoms with Crippen molar-refractivity contribution in [2.24, 2.45) is 0 Å². The van der Waals surface area contributed by atoms with E-state index in [0.29, 0.717) is 0 Å². The summed E-state index contributed by atoms with van der Waals surface area (Å²) < 4.78 is 0. The third-order valence-corrected chi connectivity index (χ3v) is 2.90. The minimum absolute atomic E-state index is 0.0782. The van der Waals surface area contributed by atoms with Gasteiger partial charge in [0.15, 0.2) is 0 Å². The molecule has 0 bridgehead atoms. The first-order chi connectivity index (χ1) is 7.25. The van der Waals surface area contributed by atoms with Crippen LogP contribution in [0.4, 0.5) is 0 Å². The fraction of sp³-hybridized carbons (Fsp3) is 0.750. The van der Waals surface area contributed by atoms with Crippen molar-refractivity contribution in [3.8, 4) is 0 Å². The van der Waals surface area contributed by atoms with Crippen LogP contribution in [0.1, 0.15) is 32.1 Å². The Hall–Kier alpha value is -0.830. The molecular weight excluding hydrogens is 188 g/mol. The zero-order valence-corrected chi connectivity index (χ0v) is 9.67. The van der Waals surface area contributed by atoms with Gasteiger partial charge in [0, 0.05) is 13.6 Å². The van der Waals surface area contributed by atoms with Crippen LogP contribution in [0.5, 0.6) is 0 Å². The lowest BCUT2D eigenvalue weighted by Crippen LogP contribution is -2.37. The van der Waals surface area contributed by atoms with Gasteiger partial charge in [0.1, 0.15) is 0 Å². The molecule has 0 aromatic heterocycles. The van der Waals surface area contributed by atoms with Crippen LogP contribution in [0, 0.1) is 0 Å². The number of amides is 1. The second kappa shape index (κ2) is 6.62. The van der Waals surface area contributed by atoms with Crippen molar-refractivity contribution in [3.63, 3.8) is 0 Å². The Morgan fingerprint density at radius 2 is 2.33 bits per heavy atom. The van der Waals surface area contributed by atoms with E-state index < -0.39 is 0 Å². The number of carbonyl (C=O) groups is 1. The van der Waals surface area contributed by atoms with Gasteiger partial charge in [-0.3, -0.25) is 4.79 Å². The molecule has 3 heteroatoms. The smallest absolute Gasteiger partial charge is 0.239 e. The average Bonchev–Trinajstić information content (AvgIpc) is 2.54. The van der Waals surface area contributed by atoms with Crippen molar-refractivity contribution in [1.29, 1.82) is 0 Å². The molecule has 0 saturated carbocycles. The van der Waals surface area contributed by atoms with E-state index in [2.05, 4.69) is 11.9 Å². The highest BCUT2D eigenvalue weighted by Gasteiger charge is 2.27. The zero-order valence-electron chi connectivity index (χ0n) is 9.67. The number of carbonyl (C=O) groups excluding carboxylic acids is 1. The van der Waals surface area contributed by atoms with Crippen LogP contribution < -0.4 is 5.32 Å². The van der Waals surface area contributed by atoms with E-state index >= 15 is 0 Å². The van der Waals surface area contributed by atoms with Gasteiger partial charge < -0.3 is 10.2 Å². The molecule has 1 unspecified atom stereocenters. The molecule has 0 spiro atoms. The summed E-state index contributed by atoms with van der Waals surface area (Å²) in [6, 6.07) is 0.0782. The van der Waals surface area contributed by atoms with Crippen LogP contribution in [-0.4, -0.2) is 37.0 Å². The molecule has 1 saturated heterocycles. The first kappa shape index (κ1) is 12.2. The molecule has 0 aromatic carbocycles. The number of unbranched alkanes of at least 4 members (excludes halogenated alkanes) is 3. The fourth-order valence-electron chi connectivity index (χ4n) is 1.88. The van der Waals surface area contributed by atoms with Gasteiger partial charge in [-0.05, 0) is 32.2 Å². The maximum Gasteiger partial charge on any atom is 0.239 e. The molecule has 1 aliphatic heterocycles. The molecule has 0 radical (unpaired) electrons. The molecule has 1 heterocycles. The molecule has 1 rings (SSSR count). The largest absolute Gasteiger partial charge is 0.344 e. The van der Waals surface area contributed by atoms with Crippen molar-refractivity contribution in [1.82, 2.24) is 10.2 Å². The Balaban J connectivity index is 2.01. The minimum Gasteiger partial charge on any atom is -0.344 e. The summed E-state index contributed by atoms with van der Waals surface area (Å²) >= 11 is 0. The van der Waals surface area contributed by atoms with Gasteiger partial charge in [0.05, 0.1) is 6.04 Å². The highest BCUT2D eigenvalue weighted by Crippen LogP contribution is 2.08. The molecule has 1 atom stereocenters. The number of likely N-dealkylation sites (tertiary alicyclic amines) is 1. The van der Waals surface area contributed by atoms with Crippen molar-refractivity contribution in [3.05, 3.63) is 12.7 Å². The third kappa shape index (κ3) is 4.04. The second-order valence-electron chi connectivity index (χ2n) is 4.19. The van der Waals surface area contributed by atoms with E-state index in [1.54, 1.807) is 4.90 Å². The number of hydrogen-bond acceptors (Lipinski definition) is 2. The predicted octanol–water partition coefficient (Wildman–Crippen LogP) is 1.55. The van der Waals surface area contributed by atoms with Crippen LogP contribution in [0.2, 0.25) is 0 Å². The molecular formula is C12H22N2O. The molecule has 15 heavy (non-hydrogen) atoms. The number of likely N-dealkylation sites (N-methyl/N-ethyl adjacent to an activating group) is 1. The molecule has 86 valence electrons. The van der Waals surface area contributed by atoms with E-state index in [4.69, 9.17) is 0 Å². The van der Waals surface area contributed by atoms with E-state index in [9.17, 15) is 4.79 Å². The lowest BCUT2D eigenvalue weighted by molar-refractivity contribution is -0.128. The first-order valence-electron chi connectivity index (χ1n) is 5.85. The van der Waals surface area contributed by atoms with E-state index in [0.717, 1.165) is 32.4 Å². The van der Waals surface area contributed by atoms with Gasteiger partial charge in [-0.1, -0.05) is 12.5 Å². The third-order valence-electron chi connectivity index (χ3n) is 2.90. The van der Waals surface area contributed by atoms with E-state index in [1.807, 2.05) is 13.1 Å². The van der Waals surface area contributed by atoms with Crippen LogP contribution in [-0.2, 0) is 4.79 Å². The quantitative estimate of drug-likeness (QED) is 0.511. The van der Waals surface area contributed by atoms with E-state index in [-0.39, 0.29) is 11.9 Å². The number of nitrogens with one attached hydrogen (secondary N) is 1. The summed E-state index contributed by atoms with van der Waals surface area (Å²) in [6.45, 7) is 5.55. The van der Waals surface area contributed by atoms with Crippen molar-refractivity contribution in [2.45, 2.75) is 38.1 Å². The molecule has 3 nitrogen and oxygen atoms in total. The van der Waals surface area contributed by atoms with Gasteiger partial charge in [0.2, 0.25) is 5.91 Å². The van der Waals surface area contributed by atoms with Gasteiger partial charge in [-0.15, -0.1) is 6.58 Å².